The number of H-pyrrole nitrogens is 1. The number of hydrogen-bond acceptors (Lipinski definition) is 3. The molecule has 0 aromatic carbocycles. The van der Waals surface area contributed by atoms with Gasteiger partial charge >= 0.3 is 0 Å². The van der Waals surface area contributed by atoms with Gasteiger partial charge in [-0.1, -0.05) is 19.8 Å². The Kier molecular flexibility index (Phi) is 4.08. The summed E-state index contributed by atoms with van der Waals surface area (Å²) in [5, 5.41) is 0. The molecular formula is C15H17BrN2OS. The molecule has 2 aromatic rings. The van der Waals surface area contributed by atoms with Gasteiger partial charge < -0.3 is 4.98 Å². The molecule has 0 amide bonds. The highest BCUT2D eigenvalue weighted by Gasteiger charge is 2.23. The molecule has 0 atom stereocenters. The molecule has 0 radical (unpaired) electrons. The van der Waals surface area contributed by atoms with Crippen molar-refractivity contribution in [3.8, 4) is 10.7 Å². The third kappa shape index (κ3) is 2.61. The highest BCUT2D eigenvalue weighted by molar-refractivity contribution is 9.10. The highest BCUT2D eigenvalue weighted by atomic mass is 79.9. The summed E-state index contributed by atoms with van der Waals surface area (Å²) in [6.07, 6.45) is 5.76. The summed E-state index contributed by atoms with van der Waals surface area (Å²) in [7, 11) is 0. The maximum atomic E-state index is 12.1. The van der Waals surface area contributed by atoms with Gasteiger partial charge in [-0.2, -0.15) is 0 Å². The Labute approximate surface area is 130 Å². The zero-order chi connectivity index (χ0) is 14.1. The van der Waals surface area contributed by atoms with Crippen LogP contribution in [0.4, 0.5) is 0 Å². The van der Waals surface area contributed by atoms with Gasteiger partial charge in [-0.3, -0.25) is 4.79 Å². The van der Waals surface area contributed by atoms with Crippen LogP contribution < -0.4 is 5.56 Å². The first-order chi connectivity index (χ1) is 9.69. The van der Waals surface area contributed by atoms with E-state index >= 15 is 0 Å². The lowest BCUT2D eigenvalue weighted by molar-refractivity contribution is 0.688. The van der Waals surface area contributed by atoms with Crippen molar-refractivity contribution in [2.45, 2.75) is 44.9 Å². The summed E-state index contributed by atoms with van der Waals surface area (Å²) in [6, 6.07) is 4.16. The molecule has 0 unspecified atom stereocenters. The molecule has 3 rings (SSSR count). The standard InChI is InChI=1S/C15H17BrN2OS/c1-2-10-7-8-11(20-10)14-17-13(9-5-3-4-6-9)12(16)15(19)18-14/h7-9H,2-6H2,1H3,(H,17,18,19). The number of aromatic nitrogens is 2. The average Bonchev–Trinajstić information content (AvgIpc) is 3.11. The lowest BCUT2D eigenvalue weighted by Gasteiger charge is -2.11. The van der Waals surface area contributed by atoms with E-state index in [1.54, 1.807) is 11.3 Å². The van der Waals surface area contributed by atoms with Gasteiger partial charge in [-0.15, -0.1) is 11.3 Å². The van der Waals surface area contributed by atoms with Gasteiger partial charge in [0.25, 0.3) is 5.56 Å². The largest absolute Gasteiger partial charge is 0.305 e. The first-order valence-electron chi connectivity index (χ1n) is 7.08. The number of thiophene rings is 1. The molecule has 2 aromatic heterocycles. The molecule has 1 N–H and O–H groups in total. The van der Waals surface area contributed by atoms with E-state index < -0.39 is 0 Å². The molecule has 0 bridgehead atoms. The molecule has 0 aliphatic heterocycles. The van der Waals surface area contributed by atoms with Crippen LogP contribution in [0.3, 0.4) is 0 Å². The molecule has 0 spiro atoms. The number of nitrogens with one attached hydrogen (secondary N) is 1. The SMILES string of the molecule is CCc1ccc(-c2nc(C3CCCC3)c(Br)c(=O)[nH]2)s1. The van der Waals surface area contributed by atoms with E-state index in [2.05, 4.69) is 33.9 Å². The second-order valence-corrected chi connectivity index (χ2v) is 7.18. The maximum Gasteiger partial charge on any atom is 0.265 e. The maximum absolute atomic E-state index is 12.1. The van der Waals surface area contributed by atoms with Crippen LogP contribution in [0.25, 0.3) is 10.7 Å². The van der Waals surface area contributed by atoms with E-state index in [1.807, 2.05) is 6.07 Å². The van der Waals surface area contributed by atoms with Crippen molar-refractivity contribution in [2.75, 3.05) is 0 Å². The van der Waals surface area contributed by atoms with Gasteiger partial charge in [0.1, 0.15) is 4.47 Å². The number of rotatable bonds is 3. The molecule has 20 heavy (non-hydrogen) atoms. The zero-order valence-electron chi connectivity index (χ0n) is 11.4. The Hall–Kier alpha value is -0.940. The molecule has 5 heteroatoms. The van der Waals surface area contributed by atoms with E-state index in [0.717, 1.165) is 29.8 Å². The van der Waals surface area contributed by atoms with Crippen LogP contribution >= 0.6 is 27.3 Å². The van der Waals surface area contributed by atoms with Gasteiger partial charge in [0.2, 0.25) is 0 Å². The minimum atomic E-state index is -0.0663. The van der Waals surface area contributed by atoms with Gasteiger partial charge in [0, 0.05) is 10.8 Å². The monoisotopic (exact) mass is 352 g/mol. The van der Waals surface area contributed by atoms with Crippen LogP contribution in [0.1, 0.15) is 49.1 Å². The van der Waals surface area contributed by atoms with Crippen molar-refractivity contribution in [1.82, 2.24) is 9.97 Å². The molecular weight excluding hydrogens is 336 g/mol. The van der Waals surface area contributed by atoms with Crippen molar-refractivity contribution in [3.63, 3.8) is 0 Å². The second-order valence-electron chi connectivity index (χ2n) is 5.21. The number of aryl methyl sites for hydroxylation is 1. The molecule has 106 valence electrons. The van der Waals surface area contributed by atoms with E-state index in [-0.39, 0.29) is 5.56 Å². The quantitative estimate of drug-likeness (QED) is 0.884. The minimum absolute atomic E-state index is 0.0663. The Balaban J connectivity index is 2.05. The Morgan fingerprint density at radius 1 is 1.40 bits per heavy atom. The fourth-order valence-electron chi connectivity index (χ4n) is 2.76. The molecule has 1 saturated carbocycles. The summed E-state index contributed by atoms with van der Waals surface area (Å²) in [4.78, 5) is 22.1. The van der Waals surface area contributed by atoms with Crippen molar-refractivity contribution in [3.05, 3.63) is 37.5 Å². The van der Waals surface area contributed by atoms with E-state index in [0.29, 0.717) is 16.2 Å². The van der Waals surface area contributed by atoms with Crippen LogP contribution in [-0.4, -0.2) is 9.97 Å². The first-order valence-corrected chi connectivity index (χ1v) is 8.68. The van der Waals surface area contributed by atoms with Gasteiger partial charge in [0.15, 0.2) is 5.82 Å². The highest BCUT2D eigenvalue weighted by Crippen LogP contribution is 2.36. The van der Waals surface area contributed by atoms with Crippen LogP contribution in [0.5, 0.6) is 0 Å². The number of hydrogen-bond donors (Lipinski definition) is 1. The molecule has 3 nitrogen and oxygen atoms in total. The summed E-state index contributed by atoms with van der Waals surface area (Å²) >= 11 is 5.12. The zero-order valence-corrected chi connectivity index (χ0v) is 13.8. The topological polar surface area (TPSA) is 45.8 Å². The third-order valence-corrected chi connectivity index (χ3v) is 5.88. The van der Waals surface area contributed by atoms with Gasteiger partial charge in [0.05, 0.1) is 10.6 Å². The predicted octanol–water partition coefficient (Wildman–Crippen LogP) is 4.48. The average molecular weight is 353 g/mol. The van der Waals surface area contributed by atoms with Crippen LogP contribution in [-0.2, 0) is 6.42 Å². The van der Waals surface area contributed by atoms with Gasteiger partial charge in [-0.25, -0.2) is 4.98 Å². The fourth-order valence-corrected chi connectivity index (χ4v) is 4.16. The van der Waals surface area contributed by atoms with Crippen molar-refractivity contribution >= 4 is 27.3 Å². The lowest BCUT2D eigenvalue weighted by Crippen LogP contribution is -2.15. The van der Waals surface area contributed by atoms with Gasteiger partial charge in [-0.05, 0) is 47.3 Å². The van der Waals surface area contributed by atoms with E-state index in [1.165, 1.54) is 17.7 Å². The Bertz CT molecular complexity index is 671. The minimum Gasteiger partial charge on any atom is -0.305 e. The van der Waals surface area contributed by atoms with E-state index in [9.17, 15) is 4.79 Å². The molecule has 1 aliphatic carbocycles. The third-order valence-electron chi connectivity index (χ3n) is 3.87. The molecule has 0 saturated heterocycles. The second kappa shape index (κ2) is 5.82. The first kappa shape index (κ1) is 14.0. The lowest BCUT2D eigenvalue weighted by atomic mass is 10.0. The van der Waals surface area contributed by atoms with Crippen molar-refractivity contribution in [1.29, 1.82) is 0 Å². The summed E-state index contributed by atoms with van der Waals surface area (Å²) in [6.45, 7) is 2.14. The number of nitrogens with zero attached hydrogens (tertiary/aromatic N) is 1. The summed E-state index contributed by atoms with van der Waals surface area (Å²) in [5.74, 6) is 1.14. The Morgan fingerprint density at radius 2 is 2.15 bits per heavy atom. The van der Waals surface area contributed by atoms with Crippen LogP contribution in [0.15, 0.2) is 21.4 Å². The molecule has 1 fully saturated rings. The van der Waals surface area contributed by atoms with Crippen molar-refractivity contribution < 1.29 is 0 Å². The summed E-state index contributed by atoms with van der Waals surface area (Å²) < 4.78 is 0.612. The normalized spacial score (nSPS) is 15.9. The Morgan fingerprint density at radius 3 is 2.80 bits per heavy atom. The number of aromatic amines is 1. The summed E-state index contributed by atoms with van der Waals surface area (Å²) in [5.41, 5.74) is 0.871. The van der Waals surface area contributed by atoms with Crippen molar-refractivity contribution in [2.24, 2.45) is 0 Å². The predicted molar refractivity (Wildman–Crippen MR) is 86.5 cm³/mol. The van der Waals surface area contributed by atoms with Crippen LogP contribution in [0.2, 0.25) is 0 Å². The smallest absolute Gasteiger partial charge is 0.265 e. The fraction of sp³-hybridized carbons (Fsp3) is 0.467. The number of halogens is 1. The molecule has 2 heterocycles. The van der Waals surface area contributed by atoms with E-state index in [4.69, 9.17) is 4.98 Å². The molecule has 1 aliphatic rings. The van der Waals surface area contributed by atoms with Crippen LogP contribution in [0, 0.1) is 0 Å².